The molecule has 0 bridgehead atoms. The van der Waals surface area contributed by atoms with Gasteiger partial charge in [0.25, 0.3) is 0 Å². The second-order valence-electron chi connectivity index (χ2n) is 7.51. The Morgan fingerprint density at radius 3 is 3.00 bits per heavy atom. The first-order valence-corrected chi connectivity index (χ1v) is 10.0. The predicted molar refractivity (Wildman–Crippen MR) is 103 cm³/mol. The van der Waals surface area contributed by atoms with Crippen molar-refractivity contribution in [1.82, 2.24) is 9.88 Å². The van der Waals surface area contributed by atoms with Gasteiger partial charge in [-0.3, -0.25) is 9.88 Å². The molecule has 0 radical (unpaired) electrons. The molecule has 0 unspecified atom stereocenters. The van der Waals surface area contributed by atoms with Gasteiger partial charge in [-0.2, -0.15) is 0 Å². The van der Waals surface area contributed by atoms with Crippen LogP contribution < -0.4 is 4.90 Å². The van der Waals surface area contributed by atoms with Crippen LogP contribution in [0.5, 0.6) is 0 Å². The van der Waals surface area contributed by atoms with Crippen LogP contribution in [0.1, 0.15) is 22.6 Å². The lowest BCUT2D eigenvalue weighted by Crippen LogP contribution is -2.50. The van der Waals surface area contributed by atoms with E-state index in [0.717, 1.165) is 39.4 Å². The Hall–Kier alpha value is -1.43. The van der Waals surface area contributed by atoms with Crippen LogP contribution in [0.3, 0.4) is 0 Å². The summed E-state index contributed by atoms with van der Waals surface area (Å²) in [6, 6.07) is 8.71. The van der Waals surface area contributed by atoms with Gasteiger partial charge in [0.05, 0.1) is 25.1 Å². The quantitative estimate of drug-likeness (QED) is 0.840. The average molecular weight is 358 g/mol. The predicted octanol–water partition coefficient (Wildman–Crippen LogP) is 3.57. The fourth-order valence-electron chi connectivity index (χ4n) is 4.24. The van der Waals surface area contributed by atoms with Gasteiger partial charge in [0, 0.05) is 47.5 Å². The molecule has 2 saturated heterocycles. The van der Waals surface area contributed by atoms with Crippen LogP contribution in [0.15, 0.2) is 36.7 Å². The van der Waals surface area contributed by atoms with Gasteiger partial charge >= 0.3 is 0 Å². The second kappa shape index (κ2) is 7.44. The second-order valence-corrected chi connectivity index (χ2v) is 8.88. The number of hydrogen-bond donors (Lipinski definition) is 0. The smallest absolute Gasteiger partial charge is 0.0641 e. The van der Waals surface area contributed by atoms with E-state index in [0.29, 0.717) is 0 Å². The van der Waals surface area contributed by atoms with E-state index >= 15 is 0 Å². The van der Waals surface area contributed by atoms with Gasteiger partial charge in [0.1, 0.15) is 0 Å². The Bertz CT molecular complexity index is 689. The summed E-state index contributed by atoms with van der Waals surface area (Å²) in [4.78, 5) is 12.3. The number of aryl methyl sites for hydroxylation is 1. The molecular weight excluding hydrogens is 330 g/mol. The Morgan fingerprint density at radius 2 is 2.20 bits per heavy atom. The van der Waals surface area contributed by atoms with E-state index in [1.807, 2.05) is 29.8 Å². The summed E-state index contributed by atoms with van der Waals surface area (Å²) >= 11 is 1.93. The van der Waals surface area contributed by atoms with Crippen molar-refractivity contribution in [2.75, 3.05) is 44.3 Å². The van der Waals surface area contributed by atoms with Crippen molar-refractivity contribution in [2.45, 2.75) is 26.3 Å². The highest BCUT2D eigenvalue weighted by Gasteiger charge is 2.39. The van der Waals surface area contributed by atoms with Gasteiger partial charge in [-0.25, -0.2) is 0 Å². The first-order valence-electron chi connectivity index (χ1n) is 9.23. The molecule has 2 aromatic rings. The van der Waals surface area contributed by atoms with Gasteiger partial charge in [-0.05, 0) is 50.6 Å². The summed E-state index contributed by atoms with van der Waals surface area (Å²) in [5, 5.41) is 0. The summed E-state index contributed by atoms with van der Waals surface area (Å²) in [5.74, 6) is 0. The molecule has 1 spiro atoms. The summed E-state index contributed by atoms with van der Waals surface area (Å²) in [5.41, 5.74) is 1.45. The SMILES string of the molecule is Cc1ccc(CN2CCC[C@]3(COCCN(c4cccnc4)C3)C2)s1. The molecule has 2 aromatic heterocycles. The molecule has 0 saturated carbocycles. The lowest BCUT2D eigenvalue weighted by Gasteiger charge is -2.44. The molecule has 4 heterocycles. The molecule has 2 aliphatic rings. The van der Waals surface area contributed by atoms with Gasteiger partial charge < -0.3 is 9.64 Å². The Morgan fingerprint density at radius 1 is 1.24 bits per heavy atom. The number of piperidine rings is 1. The Balaban J connectivity index is 1.48. The lowest BCUT2D eigenvalue weighted by molar-refractivity contribution is 0.0110. The third-order valence-electron chi connectivity index (χ3n) is 5.37. The van der Waals surface area contributed by atoms with E-state index < -0.39 is 0 Å². The van der Waals surface area contributed by atoms with Crippen molar-refractivity contribution in [3.63, 3.8) is 0 Å². The van der Waals surface area contributed by atoms with Crippen LogP contribution in [0.4, 0.5) is 5.69 Å². The van der Waals surface area contributed by atoms with Gasteiger partial charge in [0.2, 0.25) is 0 Å². The zero-order chi connectivity index (χ0) is 17.1. The van der Waals surface area contributed by atoms with Crippen LogP contribution in [-0.4, -0.2) is 49.3 Å². The van der Waals surface area contributed by atoms with Crippen molar-refractivity contribution < 1.29 is 4.74 Å². The van der Waals surface area contributed by atoms with Crippen molar-refractivity contribution in [3.05, 3.63) is 46.4 Å². The zero-order valence-corrected chi connectivity index (χ0v) is 15.8. The molecule has 25 heavy (non-hydrogen) atoms. The molecule has 0 aliphatic carbocycles. The number of likely N-dealkylation sites (tertiary alicyclic amines) is 1. The molecule has 0 N–H and O–H groups in total. The van der Waals surface area contributed by atoms with Crippen molar-refractivity contribution >= 4 is 17.0 Å². The van der Waals surface area contributed by atoms with E-state index in [1.54, 1.807) is 0 Å². The fraction of sp³-hybridized carbons (Fsp3) is 0.550. The number of hydrogen-bond acceptors (Lipinski definition) is 5. The highest BCUT2D eigenvalue weighted by atomic mass is 32.1. The van der Waals surface area contributed by atoms with Crippen LogP contribution in [0.25, 0.3) is 0 Å². The first kappa shape index (κ1) is 17.0. The maximum Gasteiger partial charge on any atom is 0.0641 e. The minimum Gasteiger partial charge on any atom is -0.379 e. The van der Waals surface area contributed by atoms with Crippen LogP contribution in [0.2, 0.25) is 0 Å². The summed E-state index contributed by atoms with van der Waals surface area (Å²) < 4.78 is 6.06. The van der Waals surface area contributed by atoms with E-state index in [2.05, 4.69) is 39.9 Å². The van der Waals surface area contributed by atoms with Crippen molar-refractivity contribution in [2.24, 2.45) is 5.41 Å². The number of anilines is 1. The summed E-state index contributed by atoms with van der Waals surface area (Å²) in [7, 11) is 0. The lowest BCUT2D eigenvalue weighted by atomic mass is 9.80. The number of pyridine rings is 1. The van der Waals surface area contributed by atoms with Crippen LogP contribution >= 0.6 is 11.3 Å². The summed E-state index contributed by atoms with van der Waals surface area (Å²) in [6.45, 7) is 9.30. The number of thiophene rings is 1. The third-order valence-corrected chi connectivity index (χ3v) is 6.35. The largest absolute Gasteiger partial charge is 0.379 e. The van der Waals surface area contributed by atoms with Crippen LogP contribution in [0, 0.1) is 12.3 Å². The van der Waals surface area contributed by atoms with Gasteiger partial charge in [-0.1, -0.05) is 0 Å². The third kappa shape index (κ3) is 4.05. The topological polar surface area (TPSA) is 28.6 Å². The molecule has 2 aliphatic heterocycles. The Kier molecular flexibility index (Phi) is 5.06. The van der Waals surface area contributed by atoms with E-state index in [1.165, 1.54) is 34.8 Å². The maximum absolute atomic E-state index is 6.06. The molecule has 0 amide bonds. The van der Waals surface area contributed by atoms with Crippen LogP contribution in [-0.2, 0) is 11.3 Å². The van der Waals surface area contributed by atoms with Gasteiger partial charge in [-0.15, -0.1) is 11.3 Å². The fourth-order valence-corrected chi connectivity index (χ4v) is 5.17. The normalized spacial score (nSPS) is 25.2. The highest BCUT2D eigenvalue weighted by molar-refractivity contribution is 7.11. The molecule has 0 aromatic carbocycles. The zero-order valence-electron chi connectivity index (χ0n) is 15.0. The average Bonchev–Trinajstić information content (AvgIpc) is 2.92. The van der Waals surface area contributed by atoms with E-state index in [4.69, 9.17) is 4.74 Å². The standard InChI is InChI=1S/C20H27N3OS/c1-17-5-6-19(25-17)13-22-9-3-7-20(14-22)15-23(10-11-24-16-20)18-4-2-8-21-12-18/h2,4-6,8,12H,3,7,9-11,13-16H2,1H3/t20-/m0/s1. The molecular formula is C20H27N3OS. The molecule has 134 valence electrons. The molecule has 4 nitrogen and oxygen atoms in total. The molecule has 2 fully saturated rings. The van der Waals surface area contributed by atoms with E-state index in [-0.39, 0.29) is 5.41 Å². The number of ether oxygens (including phenoxy) is 1. The molecule has 1 atom stereocenters. The van der Waals surface area contributed by atoms with Crippen molar-refractivity contribution in [3.8, 4) is 0 Å². The minimum atomic E-state index is 0.233. The Labute approximate surface area is 154 Å². The molecule has 4 rings (SSSR count). The maximum atomic E-state index is 6.06. The number of aromatic nitrogens is 1. The van der Waals surface area contributed by atoms with Gasteiger partial charge in [0.15, 0.2) is 0 Å². The monoisotopic (exact) mass is 357 g/mol. The highest BCUT2D eigenvalue weighted by Crippen LogP contribution is 2.35. The number of rotatable bonds is 3. The minimum absolute atomic E-state index is 0.233. The molecule has 5 heteroatoms. The van der Waals surface area contributed by atoms with E-state index in [9.17, 15) is 0 Å². The first-order chi connectivity index (χ1) is 12.2. The summed E-state index contributed by atoms with van der Waals surface area (Å²) in [6.07, 6.45) is 6.34. The number of nitrogens with zero attached hydrogens (tertiary/aromatic N) is 3. The van der Waals surface area contributed by atoms with Crippen molar-refractivity contribution in [1.29, 1.82) is 0 Å².